The summed E-state index contributed by atoms with van der Waals surface area (Å²) in [5.74, 6) is 1.22. The van der Waals surface area contributed by atoms with Crippen molar-refractivity contribution in [1.29, 1.82) is 0 Å². The van der Waals surface area contributed by atoms with Crippen molar-refractivity contribution in [2.75, 3.05) is 0 Å². The van der Waals surface area contributed by atoms with E-state index in [2.05, 4.69) is 113 Å². The summed E-state index contributed by atoms with van der Waals surface area (Å²) in [6.07, 6.45) is 36.2. The van der Waals surface area contributed by atoms with Crippen molar-refractivity contribution in [3.63, 3.8) is 0 Å². The zero-order valence-corrected chi connectivity index (χ0v) is 18.1. The Kier molecular flexibility index (Phi) is 6.60. The first-order chi connectivity index (χ1) is 13.5. The van der Waals surface area contributed by atoms with Crippen molar-refractivity contribution in [3.8, 4) is 0 Å². The highest BCUT2D eigenvalue weighted by Gasteiger charge is 2.52. The molecule has 0 N–H and O–H groups in total. The molecule has 2 unspecified atom stereocenters. The third kappa shape index (κ3) is 4.02. The average molecular weight is 373 g/mol. The molecule has 0 aromatic rings. The fourth-order valence-corrected chi connectivity index (χ4v) is 5.44. The smallest absolute Gasteiger partial charge is 0.00414 e. The molecule has 0 radical (unpaired) electrons. The van der Waals surface area contributed by atoms with E-state index in [9.17, 15) is 0 Å². The fraction of sp³-hybridized carbons (Fsp3) is 0.429. The topological polar surface area (TPSA) is 0 Å². The maximum Gasteiger partial charge on any atom is -0.00414 e. The van der Waals surface area contributed by atoms with Crippen LogP contribution in [0.2, 0.25) is 0 Å². The van der Waals surface area contributed by atoms with E-state index in [-0.39, 0.29) is 10.8 Å². The SMILES string of the molecule is CC(C1=CC=CC=CC=C1)C(C)(C1CCCC1)C(C)(C)C1=CC=CC=CC=C1. The molecule has 0 aromatic carbocycles. The molecule has 3 rings (SSSR count). The molecule has 1 fully saturated rings. The van der Waals surface area contributed by atoms with Gasteiger partial charge in [0.05, 0.1) is 0 Å². The van der Waals surface area contributed by atoms with Gasteiger partial charge in [0.1, 0.15) is 0 Å². The Balaban J connectivity index is 2.06. The molecular formula is C28H36. The predicted molar refractivity (Wildman–Crippen MR) is 124 cm³/mol. The van der Waals surface area contributed by atoms with Gasteiger partial charge < -0.3 is 0 Å². The number of hydrogen-bond donors (Lipinski definition) is 0. The zero-order chi connectivity index (χ0) is 20.0. The van der Waals surface area contributed by atoms with E-state index in [4.69, 9.17) is 0 Å². The molecule has 0 aromatic heterocycles. The van der Waals surface area contributed by atoms with Crippen molar-refractivity contribution in [1.82, 2.24) is 0 Å². The minimum atomic E-state index is 0.0596. The largest absolute Gasteiger partial charge is 0.0623 e. The summed E-state index contributed by atoms with van der Waals surface area (Å²) in [6, 6.07) is 0. The highest BCUT2D eigenvalue weighted by atomic mass is 14.6. The maximum absolute atomic E-state index is 2.56. The molecule has 3 aliphatic carbocycles. The van der Waals surface area contributed by atoms with Gasteiger partial charge in [0, 0.05) is 0 Å². The van der Waals surface area contributed by atoms with Crippen LogP contribution in [0.4, 0.5) is 0 Å². The molecule has 2 atom stereocenters. The summed E-state index contributed by atoms with van der Waals surface area (Å²) >= 11 is 0. The van der Waals surface area contributed by atoms with Gasteiger partial charge in [-0.3, -0.25) is 0 Å². The Morgan fingerprint density at radius 3 is 1.93 bits per heavy atom. The summed E-state index contributed by atoms with van der Waals surface area (Å²) in [6.45, 7) is 9.96. The van der Waals surface area contributed by atoms with Crippen molar-refractivity contribution in [3.05, 3.63) is 96.2 Å². The van der Waals surface area contributed by atoms with E-state index >= 15 is 0 Å². The van der Waals surface area contributed by atoms with Crippen LogP contribution in [0.5, 0.6) is 0 Å². The van der Waals surface area contributed by atoms with Crippen molar-refractivity contribution in [2.45, 2.75) is 53.4 Å². The summed E-state index contributed by atoms with van der Waals surface area (Å²) in [5, 5.41) is 0. The Morgan fingerprint density at radius 2 is 1.25 bits per heavy atom. The molecule has 0 nitrogen and oxygen atoms in total. The van der Waals surface area contributed by atoms with Gasteiger partial charge in [-0.2, -0.15) is 0 Å². The van der Waals surface area contributed by atoms with E-state index in [1.807, 2.05) is 0 Å². The van der Waals surface area contributed by atoms with Crippen LogP contribution in [0.25, 0.3) is 0 Å². The molecule has 0 heterocycles. The lowest BCUT2D eigenvalue weighted by Gasteiger charge is -2.54. The lowest BCUT2D eigenvalue weighted by molar-refractivity contribution is 0.0110. The first-order valence-electron chi connectivity index (χ1n) is 10.9. The minimum Gasteiger partial charge on any atom is -0.0623 e. The van der Waals surface area contributed by atoms with Crippen LogP contribution < -0.4 is 0 Å². The zero-order valence-electron chi connectivity index (χ0n) is 18.1. The second-order valence-corrected chi connectivity index (χ2v) is 9.16. The summed E-state index contributed by atoms with van der Waals surface area (Å²) in [7, 11) is 0. The quantitative estimate of drug-likeness (QED) is 0.458. The normalized spacial score (nSPS) is 23.4. The van der Waals surface area contributed by atoms with Crippen molar-refractivity contribution in [2.24, 2.45) is 22.7 Å². The van der Waals surface area contributed by atoms with Gasteiger partial charge in [0.25, 0.3) is 0 Å². The third-order valence-electron chi connectivity index (χ3n) is 7.69. The van der Waals surface area contributed by atoms with Gasteiger partial charge in [-0.1, -0.05) is 126 Å². The van der Waals surface area contributed by atoms with Crippen molar-refractivity contribution < 1.29 is 0 Å². The van der Waals surface area contributed by atoms with Gasteiger partial charge >= 0.3 is 0 Å². The number of allylic oxidation sites excluding steroid dienone is 16. The van der Waals surface area contributed by atoms with Crippen LogP contribution in [-0.4, -0.2) is 0 Å². The van der Waals surface area contributed by atoms with Gasteiger partial charge in [-0.05, 0) is 46.7 Å². The molecular weight excluding hydrogens is 336 g/mol. The van der Waals surface area contributed by atoms with E-state index < -0.39 is 0 Å². The molecule has 0 spiro atoms. The second kappa shape index (κ2) is 8.95. The summed E-state index contributed by atoms with van der Waals surface area (Å²) in [4.78, 5) is 0. The van der Waals surface area contributed by atoms with Crippen LogP contribution in [-0.2, 0) is 0 Å². The van der Waals surface area contributed by atoms with Crippen LogP contribution in [0.3, 0.4) is 0 Å². The number of rotatable bonds is 5. The molecule has 1 saturated carbocycles. The third-order valence-corrected chi connectivity index (χ3v) is 7.69. The second-order valence-electron chi connectivity index (χ2n) is 9.16. The number of hydrogen-bond acceptors (Lipinski definition) is 0. The van der Waals surface area contributed by atoms with Gasteiger partial charge in [-0.15, -0.1) is 0 Å². The molecule has 0 amide bonds. The van der Waals surface area contributed by atoms with Gasteiger partial charge in [-0.25, -0.2) is 0 Å². The van der Waals surface area contributed by atoms with Gasteiger partial charge in [0.2, 0.25) is 0 Å². The maximum atomic E-state index is 2.56. The van der Waals surface area contributed by atoms with Crippen LogP contribution in [0.1, 0.15) is 53.4 Å². The molecule has 0 heteroatoms. The van der Waals surface area contributed by atoms with Crippen LogP contribution >= 0.6 is 0 Å². The molecule has 28 heavy (non-hydrogen) atoms. The lowest BCUT2D eigenvalue weighted by Crippen LogP contribution is -2.47. The Morgan fingerprint density at radius 1 is 0.714 bits per heavy atom. The summed E-state index contributed by atoms with van der Waals surface area (Å²) in [5.41, 5.74) is 3.10. The predicted octanol–water partition coefficient (Wildman–Crippen LogP) is 8.06. The Bertz CT molecular complexity index is 782. The fourth-order valence-electron chi connectivity index (χ4n) is 5.44. The molecule has 148 valence electrons. The lowest BCUT2D eigenvalue weighted by atomic mass is 9.50. The molecule has 3 aliphatic rings. The molecule has 0 bridgehead atoms. The first-order valence-corrected chi connectivity index (χ1v) is 10.9. The Hall–Kier alpha value is -2.08. The summed E-state index contributed by atoms with van der Waals surface area (Å²) < 4.78 is 0. The molecule has 0 aliphatic heterocycles. The van der Waals surface area contributed by atoms with E-state index in [1.165, 1.54) is 36.8 Å². The van der Waals surface area contributed by atoms with E-state index in [0.717, 1.165) is 5.92 Å². The minimum absolute atomic E-state index is 0.0596. The Labute approximate surface area is 172 Å². The molecule has 0 saturated heterocycles. The van der Waals surface area contributed by atoms with Crippen LogP contribution in [0, 0.1) is 22.7 Å². The highest BCUT2D eigenvalue weighted by molar-refractivity contribution is 5.39. The van der Waals surface area contributed by atoms with E-state index in [1.54, 1.807) is 0 Å². The van der Waals surface area contributed by atoms with Crippen LogP contribution in [0.15, 0.2) is 96.2 Å². The standard InChI is InChI=1S/C28H36/c1-23(24-17-11-7-5-8-12-18-24)28(4,26-21-15-16-22-26)27(2,3)25-19-13-9-6-10-14-20-25/h5-14,17-20,23,26H,15-16,21-22H2,1-4H3. The van der Waals surface area contributed by atoms with E-state index in [0.29, 0.717) is 5.92 Å². The first kappa shape index (κ1) is 20.6. The monoisotopic (exact) mass is 372 g/mol. The van der Waals surface area contributed by atoms with Crippen molar-refractivity contribution >= 4 is 0 Å². The van der Waals surface area contributed by atoms with Gasteiger partial charge in [0.15, 0.2) is 0 Å². The average Bonchev–Trinajstić information content (AvgIpc) is 3.14. The highest BCUT2D eigenvalue weighted by Crippen LogP contribution is 2.60.